The number of ketones is 1. The van der Waals surface area contributed by atoms with E-state index in [2.05, 4.69) is 66.1 Å². The number of carbonyl (C=O) groups excluding carboxylic acids is 1. The minimum absolute atomic E-state index is 0.155. The summed E-state index contributed by atoms with van der Waals surface area (Å²) in [4.78, 5) is 31.4. The minimum Gasteiger partial charge on any atom is -0.353 e. The average molecular weight is 532 g/mol. The Bertz CT molecular complexity index is 1390. The lowest BCUT2D eigenvalue weighted by Crippen LogP contribution is -2.57. The van der Waals surface area contributed by atoms with Gasteiger partial charge in [-0.2, -0.15) is 5.10 Å². The highest BCUT2D eigenvalue weighted by molar-refractivity contribution is 7.13. The normalized spacial score (nSPS) is 15.0. The minimum atomic E-state index is 0.155. The second-order valence-corrected chi connectivity index (χ2v) is 11.2. The van der Waals surface area contributed by atoms with Crippen LogP contribution in [-0.4, -0.2) is 87.5 Å². The summed E-state index contributed by atoms with van der Waals surface area (Å²) in [5, 5.41) is 6.59. The molecule has 0 unspecified atom stereocenters. The van der Waals surface area contributed by atoms with E-state index in [-0.39, 0.29) is 5.78 Å². The highest BCUT2D eigenvalue weighted by Crippen LogP contribution is 2.31. The van der Waals surface area contributed by atoms with Crippen LogP contribution in [0.2, 0.25) is 0 Å². The first-order valence-corrected chi connectivity index (χ1v) is 14.3. The molecule has 0 aromatic carbocycles. The van der Waals surface area contributed by atoms with Gasteiger partial charge in [-0.1, -0.05) is 19.9 Å². The Kier molecular flexibility index (Phi) is 7.88. The van der Waals surface area contributed by atoms with Gasteiger partial charge < -0.3 is 14.7 Å². The van der Waals surface area contributed by atoms with Crippen LogP contribution in [0.5, 0.6) is 0 Å². The molecule has 1 saturated heterocycles. The number of carbonyl (C=O) groups is 1. The third-order valence-corrected chi connectivity index (χ3v) is 8.59. The molecule has 0 radical (unpaired) electrons. The van der Waals surface area contributed by atoms with Crippen LogP contribution in [0, 0.1) is 0 Å². The lowest BCUT2D eigenvalue weighted by molar-refractivity contribution is 0.0964. The zero-order chi connectivity index (χ0) is 26.8. The van der Waals surface area contributed by atoms with Crippen LogP contribution in [0.3, 0.4) is 0 Å². The fraction of sp³-hybridized carbons (Fsp3) is 0.448. The highest BCUT2D eigenvalue weighted by atomic mass is 32.1. The van der Waals surface area contributed by atoms with Crippen molar-refractivity contribution >= 4 is 28.6 Å². The van der Waals surface area contributed by atoms with E-state index >= 15 is 0 Å². The van der Waals surface area contributed by atoms with Crippen molar-refractivity contribution < 1.29 is 4.79 Å². The van der Waals surface area contributed by atoms with Gasteiger partial charge in [0.15, 0.2) is 11.4 Å². The molecule has 5 heterocycles. The summed E-state index contributed by atoms with van der Waals surface area (Å²) in [5.74, 6) is 0.997. The molecule has 0 saturated carbocycles. The van der Waals surface area contributed by atoms with E-state index in [0.29, 0.717) is 24.1 Å². The maximum atomic E-state index is 13.5. The molecule has 1 aliphatic heterocycles. The molecule has 4 aromatic rings. The Morgan fingerprint density at radius 1 is 1.13 bits per heavy atom. The van der Waals surface area contributed by atoms with Crippen molar-refractivity contribution in [3.8, 4) is 21.8 Å². The summed E-state index contributed by atoms with van der Waals surface area (Å²) >= 11 is 1.66. The molecule has 9 heteroatoms. The van der Waals surface area contributed by atoms with Gasteiger partial charge >= 0.3 is 0 Å². The lowest BCUT2D eigenvalue weighted by atomic mass is 10.0. The van der Waals surface area contributed by atoms with E-state index in [4.69, 9.17) is 9.97 Å². The van der Waals surface area contributed by atoms with Crippen molar-refractivity contribution in [2.75, 3.05) is 45.2 Å². The Labute approximate surface area is 228 Å². The van der Waals surface area contributed by atoms with Crippen molar-refractivity contribution in [3.63, 3.8) is 0 Å². The number of hydrogen-bond acceptors (Lipinski definition) is 8. The topological polar surface area (TPSA) is 69.9 Å². The fourth-order valence-electron chi connectivity index (χ4n) is 5.07. The summed E-state index contributed by atoms with van der Waals surface area (Å²) in [5.41, 5.74) is 3.92. The smallest absolute Gasteiger partial charge is 0.165 e. The monoisotopic (exact) mass is 531 g/mol. The number of rotatable bonds is 11. The molecule has 0 spiro atoms. The first kappa shape index (κ1) is 26.5. The highest BCUT2D eigenvalue weighted by Gasteiger charge is 2.30. The van der Waals surface area contributed by atoms with E-state index < -0.39 is 0 Å². The first-order valence-electron chi connectivity index (χ1n) is 13.5. The number of pyridine rings is 1. The molecule has 38 heavy (non-hydrogen) atoms. The van der Waals surface area contributed by atoms with E-state index in [9.17, 15) is 4.79 Å². The van der Waals surface area contributed by atoms with Gasteiger partial charge in [-0.15, -0.1) is 11.3 Å². The van der Waals surface area contributed by atoms with Crippen molar-refractivity contribution in [1.29, 1.82) is 0 Å². The van der Waals surface area contributed by atoms with Crippen LogP contribution in [-0.2, 0) is 0 Å². The van der Waals surface area contributed by atoms with Crippen LogP contribution >= 0.6 is 11.3 Å². The summed E-state index contributed by atoms with van der Waals surface area (Å²) in [6.45, 7) is 10.3. The molecule has 0 aliphatic carbocycles. The van der Waals surface area contributed by atoms with Gasteiger partial charge in [-0.3, -0.25) is 4.79 Å². The van der Waals surface area contributed by atoms with Crippen molar-refractivity contribution in [2.24, 2.45) is 0 Å². The molecule has 8 nitrogen and oxygen atoms in total. The summed E-state index contributed by atoms with van der Waals surface area (Å²) in [7, 11) is 4.21. The van der Waals surface area contributed by atoms with E-state index in [1.807, 2.05) is 36.7 Å². The van der Waals surface area contributed by atoms with Crippen LogP contribution in [0.1, 0.15) is 44.0 Å². The molecule has 1 fully saturated rings. The van der Waals surface area contributed by atoms with E-state index in [1.54, 1.807) is 15.9 Å². The summed E-state index contributed by atoms with van der Waals surface area (Å²) in [6, 6.07) is 10.8. The van der Waals surface area contributed by atoms with Gasteiger partial charge in [0.2, 0.25) is 0 Å². The predicted octanol–water partition coefficient (Wildman–Crippen LogP) is 4.96. The predicted molar refractivity (Wildman–Crippen MR) is 155 cm³/mol. The maximum Gasteiger partial charge on any atom is 0.165 e. The Morgan fingerprint density at radius 3 is 2.61 bits per heavy atom. The number of fused-ring (bicyclic) bond motifs is 1. The maximum absolute atomic E-state index is 13.5. The van der Waals surface area contributed by atoms with Gasteiger partial charge in [0.1, 0.15) is 5.82 Å². The molecule has 5 rings (SSSR count). The van der Waals surface area contributed by atoms with Gasteiger partial charge in [-0.25, -0.2) is 14.5 Å². The number of anilines is 1. The summed E-state index contributed by atoms with van der Waals surface area (Å²) in [6.07, 6.45) is 5.09. The molecule has 0 N–H and O–H groups in total. The Morgan fingerprint density at radius 2 is 1.92 bits per heavy atom. The number of thiophene rings is 1. The first-order chi connectivity index (χ1) is 18.4. The van der Waals surface area contributed by atoms with Crippen molar-refractivity contribution in [1.82, 2.24) is 29.4 Å². The van der Waals surface area contributed by atoms with Crippen molar-refractivity contribution in [3.05, 3.63) is 53.7 Å². The quantitative estimate of drug-likeness (QED) is 0.253. The SMILES string of the molecule is CCN(CC)[C@@H](C)CCC(=O)c1cc(-c2cnn3ccc(-c4cccs4)nc23)nc(N2CC(N(C)C)C2)c1. The molecule has 1 aliphatic rings. The third kappa shape index (κ3) is 5.36. The molecule has 4 aromatic heterocycles. The van der Waals surface area contributed by atoms with Gasteiger partial charge in [-0.05, 0) is 70.2 Å². The number of Topliss-reactive ketones (excluding diaryl/α,β-unsaturated/α-hetero) is 1. The van der Waals surface area contributed by atoms with Gasteiger partial charge in [0.25, 0.3) is 0 Å². The largest absolute Gasteiger partial charge is 0.353 e. The number of nitrogens with zero attached hydrogens (tertiary/aromatic N) is 7. The van der Waals surface area contributed by atoms with Crippen LogP contribution < -0.4 is 4.90 Å². The standard InChI is InChI=1S/C29H37N7OS/c1-6-34(7-2)20(3)10-11-26(37)21-15-25(31-28(16-21)35-18-22(19-35)33(4)5)23-17-30-36-13-12-24(32-29(23)36)27-9-8-14-38-27/h8-9,12-17,20,22H,6-7,10-11,18-19H2,1-5H3/t20-/m0/s1. The average Bonchev–Trinajstić information content (AvgIpc) is 3.56. The van der Waals surface area contributed by atoms with E-state index in [0.717, 1.165) is 65.9 Å². The van der Waals surface area contributed by atoms with Gasteiger partial charge in [0, 0.05) is 43.4 Å². The Balaban J connectivity index is 1.49. The number of likely N-dealkylation sites (N-methyl/N-ethyl adjacent to an activating group) is 1. The molecular weight excluding hydrogens is 494 g/mol. The van der Waals surface area contributed by atoms with Crippen LogP contribution in [0.4, 0.5) is 5.82 Å². The lowest BCUT2D eigenvalue weighted by Gasteiger charge is -2.43. The van der Waals surface area contributed by atoms with E-state index in [1.165, 1.54) is 0 Å². The molecule has 1 atom stereocenters. The van der Waals surface area contributed by atoms with Crippen LogP contribution in [0.15, 0.2) is 48.1 Å². The molecule has 0 amide bonds. The molecule has 0 bridgehead atoms. The zero-order valence-corrected chi connectivity index (χ0v) is 23.8. The zero-order valence-electron chi connectivity index (χ0n) is 23.0. The van der Waals surface area contributed by atoms with Crippen molar-refractivity contribution in [2.45, 2.75) is 45.7 Å². The molecular formula is C29H37N7OS. The molecule has 200 valence electrons. The fourth-order valence-corrected chi connectivity index (χ4v) is 5.77. The van der Waals surface area contributed by atoms with Gasteiger partial charge in [0.05, 0.1) is 28.0 Å². The second kappa shape index (κ2) is 11.3. The van der Waals surface area contributed by atoms with Crippen LogP contribution in [0.25, 0.3) is 27.5 Å². The second-order valence-electron chi connectivity index (χ2n) is 10.3. The number of hydrogen-bond donors (Lipinski definition) is 0. The Hall–Kier alpha value is -3.14. The summed E-state index contributed by atoms with van der Waals surface area (Å²) < 4.78 is 1.78. The number of aromatic nitrogens is 4. The third-order valence-electron chi connectivity index (χ3n) is 7.69.